The Bertz CT molecular complexity index is 776. The van der Waals surface area contributed by atoms with E-state index in [1.807, 2.05) is 0 Å². The molecule has 2 aromatic carbocycles. The number of fused-ring (bicyclic) bond motifs is 5. The van der Waals surface area contributed by atoms with E-state index in [2.05, 4.69) is 48.6 Å². The van der Waals surface area contributed by atoms with E-state index in [0.29, 0.717) is 0 Å². The van der Waals surface area contributed by atoms with E-state index in [0.717, 1.165) is 0 Å². The Hall–Kier alpha value is -1.82. The van der Waals surface area contributed by atoms with Gasteiger partial charge in [-0.15, -0.1) is 0 Å². The van der Waals surface area contributed by atoms with Crippen LogP contribution in [0.4, 0.5) is 0 Å². The summed E-state index contributed by atoms with van der Waals surface area (Å²) in [6.45, 7) is 0. The Balaban J connectivity index is 2.19. The average Bonchev–Trinajstić information content (AvgIpc) is 2.46. The number of allylic oxidation sites excluding steroid dienone is 1. The molecule has 0 spiro atoms. The predicted octanol–water partition coefficient (Wildman–Crippen LogP) is 3.15. The molecule has 0 saturated heterocycles. The zero-order chi connectivity index (χ0) is 11.9. The van der Waals surface area contributed by atoms with Crippen LogP contribution in [-0.4, -0.2) is 0 Å². The SMILES string of the molecule is C1=Cc2c(ccc3c4c(ccc23)=CCCC=4)CC1. The van der Waals surface area contributed by atoms with Crippen molar-refractivity contribution in [1.82, 2.24) is 0 Å². The summed E-state index contributed by atoms with van der Waals surface area (Å²) >= 11 is 0. The molecule has 0 radical (unpaired) electrons. The van der Waals surface area contributed by atoms with Gasteiger partial charge in [0.05, 0.1) is 0 Å². The molecule has 0 heteroatoms. The fraction of sp³-hybridized carbons (Fsp3) is 0.222. The van der Waals surface area contributed by atoms with Gasteiger partial charge in [0.25, 0.3) is 0 Å². The normalized spacial score (nSPS) is 16.7. The van der Waals surface area contributed by atoms with Crippen LogP contribution in [0.3, 0.4) is 0 Å². The summed E-state index contributed by atoms with van der Waals surface area (Å²) in [4.78, 5) is 0. The summed E-state index contributed by atoms with van der Waals surface area (Å²) in [6, 6.07) is 9.24. The molecule has 0 fully saturated rings. The lowest BCUT2D eigenvalue weighted by atomic mass is 9.90. The van der Waals surface area contributed by atoms with Crippen molar-refractivity contribution in [2.75, 3.05) is 0 Å². The maximum Gasteiger partial charge on any atom is -0.0102 e. The van der Waals surface area contributed by atoms with Crippen molar-refractivity contribution in [2.45, 2.75) is 25.7 Å². The second kappa shape index (κ2) is 3.84. The van der Waals surface area contributed by atoms with E-state index in [1.54, 1.807) is 0 Å². The molecule has 18 heavy (non-hydrogen) atoms. The molecule has 0 atom stereocenters. The molecule has 2 aromatic rings. The Morgan fingerprint density at radius 2 is 1.67 bits per heavy atom. The van der Waals surface area contributed by atoms with E-state index >= 15 is 0 Å². The highest BCUT2D eigenvalue weighted by atomic mass is 14.1. The van der Waals surface area contributed by atoms with Gasteiger partial charge in [-0.3, -0.25) is 0 Å². The van der Waals surface area contributed by atoms with Crippen LogP contribution in [0.5, 0.6) is 0 Å². The Morgan fingerprint density at radius 1 is 0.778 bits per heavy atom. The van der Waals surface area contributed by atoms with Crippen LogP contribution in [0.25, 0.3) is 29.0 Å². The zero-order valence-corrected chi connectivity index (χ0v) is 10.4. The molecule has 0 bridgehead atoms. The first kappa shape index (κ1) is 10.1. The van der Waals surface area contributed by atoms with Crippen LogP contribution >= 0.6 is 0 Å². The molecular weight excluding hydrogens is 216 g/mol. The molecule has 0 aromatic heterocycles. The van der Waals surface area contributed by atoms with Crippen LogP contribution in [0.2, 0.25) is 0 Å². The van der Waals surface area contributed by atoms with Crippen LogP contribution in [0.15, 0.2) is 30.3 Å². The fourth-order valence-corrected chi connectivity index (χ4v) is 3.24. The van der Waals surface area contributed by atoms with Crippen LogP contribution in [0.1, 0.15) is 30.4 Å². The van der Waals surface area contributed by atoms with Gasteiger partial charge in [0.15, 0.2) is 0 Å². The average molecular weight is 232 g/mol. The van der Waals surface area contributed by atoms with Crippen molar-refractivity contribution in [3.8, 4) is 0 Å². The van der Waals surface area contributed by atoms with Crippen LogP contribution in [-0.2, 0) is 6.42 Å². The molecule has 0 saturated carbocycles. The maximum atomic E-state index is 2.40. The van der Waals surface area contributed by atoms with Crippen molar-refractivity contribution in [2.24, 2.45) is 0 Å². The second-order valence-corrected chi connectivity index (χ2v) is 5.23. The van der Waals surface area contributed by atoms with E-state index in [-0.39, 0.29) is 0 Å². The van der Waals surface area contributed by atoms with Gasteiger partial charge in [0.1, 0.15) is 0 Å². The highest BCUT2D eigenvalue weighted by Gasteiger charge is 2.09. The number of aryl methyl sites for hydroxylation is 1. The molecule has 4 rings (SSSR count). The maximum absolute atomic E-state index is 2.40. The van der Waals surface area contributed by atoms with Crippen molar-refractivity contribution < 1.29 is 0 Å². The van der Waals surface area contributed by atoms with Crippen molar-refractivity contribution in [1.29, 1.82) is 0 Å². The highest BCUT2D eigenvalue weighted by Crippen LogP contribution is 2.26. The first-order valence-electron chi connectivity index (χ1n) is 6.85. The first-order chi connectivity index (χ1) is 8.93. The topological polar surface area (TPSA) is 0 Å². The standard InChI is InChI=1S/C18H16/c1-3-7-15-13(5-1)9-11-18-16-8-4-2-6-14(16)10-12-17(15)18/h3,6-12H,1-2,4-5H2. The quantitative estimate of drug-likeness (QED) is 0.654. The van der Waals surface area contributed by atoms with Gasteiger partial charge in [0, 0.05) is 0 Å². The molecule has 0 N–H and O–H groups in total. The molecule has 0 unspecified atom stereocenters. The highest BCUT2D eigenvalue weighted by molar-refractivity contribution is 5.93. The first-order valence-corrected chi connectivity index (χ1v) is 6.85. The molecule has 0 aliphatic heterocycles. The molecule has 88 valence electrons. The third-order valence-corrected chi connectivity index (χ3v) is 4.15. The number of rotatable bonds is 0. The van der Waals surface area contributed by atoms with Gasteiger partial charge in [-0.1, -0.05) is 48.6 Å². The molecule has 0 amide bonds. The van der Waals surface area contributed by atoms with Crippen LogP contribution < -0.4 is 10.4 Å². The van der Waals surface area contributed by atoms with E-state index in [9.17, 15) is 0 Å². The van der Waals surface area contributed by atoms with E-state index < -0.39 is 0 Å². The minimum atomic E-state index is 1.18. The zero-order valence-electron chi connectivity index (χ0n) is 10.4. The van der Waals surface area contributed by atoms with Crippen molar-refractivity contribution >= 4 is 29.0 Å². The predicted molar refractivity (Wildman–Crippen MR) is 78.7 cm³/mol. The summed E-state index contributed by atoms with van der Waals surface area (Å²) in [5.41, 5.74) is 2.95. The van der Waals surface area contributed by atoms with Gasteiger partial charge in [-0.2, -0.15) is 0 Å². The number of hydrogen-bond acceptors (Lipinski definition) is 0. The second-order valence-electron chi connectivity index (χ2n) is 5.23. The van der Waals surface area contributed by atoms with Crippen molar-refractivity contribution in [3.05, 3.63) is 51.9 Å². The Morgan fingerprint density at radius 3 is 2.67 bits per heavy atom. The lowest BCUT2D eigenvalue weighted by Gasteiger charge is -2.14. The summed E-state index contributed by atoms with van der Waals surface area (Å²) in [6.07, 6.45) is 14.1. The monoisotopic (exact) mass is 232 g/mol. The van der Waals surface area contributed by atoms with Gasteiger partial charge in [0.2, 0.25) is 0 Å². The van der Waals surface area contributed by atoms with E-state index in [4.69, 9.17) is 0 Å². The molecule has 0 heterocycles. The summed E-state index contributed by atoms with van der Waals surface area (Å²) in [5.74, 6) is 0. The van der Waals surface area contributed by atoms with Crippen molar-refractivity contribution in [3.63, 3.8) is 0 Å². The lowest BCUT2D eigenvalue weighted by Crippen LogP contribution is -2.27. The molecule has 0 nitrogen and oxygen atoms in total. The molecular formula is C18H16. The molecule has 2 aliphatic carbocycles. The summed E-state index contributed by atoms with van der Waals surface area (Å²) in [7, 11) is 0. The summed E-state index contributed by atoms with van der Waals surface area (Å²) < 4.78 is 0. The third kappa shape index (κ3) is 1.38. The van der Waals surface area contributed by atoms with Gasteiger partial charge in [-0.05, 0) is 58.0 Å². The molecule has 2 aliphatic rings. The van der Waals surface area contributed by atoms with Gasteiger partial charge < -0.3 is 0 Å². The Labute approximate surface area is 107 Å². The smallest absolute Gasteiger partial charge is 0.0102 e. The van der Waals surface area contributed by atoms with Gasteiger partial charge in [-0.25, -0.2) is 0 Å². The number of hydrogen-bond donors (Lipinski definition) is 0. The minimum Gasteiger partial charge on any atom is -0.0836 e. The van der Waals surface area contributed by atoms with E-state index in [1.165, 1.54) is 58.0 Å². The lowest BCUT2D eigenvalue weighted by molar-refractivity contribution is 0.989. The minimum absolute atomic E-state index is 1.18. The third-order valence-electron chi connectivity index (χ3n) is 4.15. The van der Waals surface area contributed by atoms with Gasteiger partial charge >= 0.3 is 0 Å². The summed E-state index contributed by atoms with van der Waals surface area (Å²) in [5, 5.41) is 5.71. The Kier molecular flexibility index (Phi) is 2.16. The fourth-order valence-electron chi connectivity index (χ4n) is 3.24. The number of benzene rings is 2. The largest absolute Gasteiger partial charge is 0.0836 e. The van der Waals surface area contributed by atoms with Crippen LogP contribution in [0, 0.1) is 0 Å².